The summed E-state index contributed by atoms with van der Waals surface area (Å²) in [6.45, 7) is 13.9. The lowest BCUT2D eigenvalue weighted by Crippen LogP contribution is -2.26. The van der Waals surface area contributed by atoms with Crippen molar-refractivity contribution in [2.45, 2.75) is 86.0 Å². The summed E-state index contributed by atoms with van der Waals surface area (Å²) in [5.41, 5.74) is 7.43. The number of nitrogens with one attached hydrogen (secondary N) is 3. The smallest absolute Gasteiger partial charge is 0.419 e. The van der Waals surface area contributed by atoms with Gasteiger partial charge in [0.25, 0.3) is 33.6 Å². The lowest BCUT2D eigenvalue weighted by Gasteiger charge is -2.15. The van der Waals surface area contributed by atoms with Crippen LogP contribution in [0.5, 0.6) is 0 Å². The lowest BCUT2D eigenvalue weighted by atomic mass is 10.0. The molecule has 0 aliphatic carbocycles. The van der Waals surface area contributed by atoms with E-state index in [1.165, 1.54) is 18.2 Å². The van der Waals surface area contributed by atoms with Gasteiger partial charge in [0.1, 0.15) is 11.6 Å². The van der Waals surface area contributed by atoms with Crippen LogP contribution in [0.1, 0.15) is 50.1 Å². The molecule has 0 aliphatic rings. The molecular weight excluding hydrogens is 1520 g/mol. The maximum Gasteiger partial charge on any atom is 0.419 e. The molecule has 2 amide bonds. The van der Waals surface area contributed by atoms with Crippen LogP contribution < -0.4 is 49.5 Å². The number of alkyl halides is 6. The lowest BCUT2D eigenvalue weighted by molar-refractivity contribution is -0.383. The first-order valence-electron chi connectivity index (χ1n) is 36.1. The van der Waals surface area contributed by atoms with E-state index in [0.717, 1.165) is 48.0 Å². The molecule has 12 aromatic rings. The number of nitrogens with zero attached hydrogens (tertiary/aromatic N) is 9. The van der Waals surface area contributed by atoms with E-state index in [0.29, 0.717) is 140 Å². The number of anilines is 3. The monoisotopic (exact) mass is 1610 g/mol. The van der Waals surface area contributed by atoms with Crippen molar-refractivity contribution in [3.63, 3.8) is 0 Å². The molecule has 0 fully saturated rings. The SMILES string of the molecule is CNCCn1ccc2c(NC(=O)Cc3ccc(C(F)(F)F)c(F)c3)c(C)ccc2c1=O.Cc1ccc2c(=O)n(CCN(C)C)ccc2c1N.Cc1ccc2c(=O)n(CCN(C)C)ccc2c1NC(=O)Cc1ccc(C(F)(F)F)c(F)c1.Cc1ccc2c(=O)n(CCN(C)C)ccc2c1[N+](=O)[O-].Cc1ccc2c(=O)occc2c1[N+](=O)[O-]. The number of amides is 2. The van der Waals surface area contributed by atoms with Gasteiger partial charge in [0.15, 0.2) is 0 Å². The van der Waals surface area contributed by atoms with Crippen molar-refractivity contribution in [1.82, 2.24) is 38.3 Å². The van der Waals surface area contributed by atoms with Gasteiger partial charge in [-0.15, -0.1) is 0 Å². The van der Waals surface area contributed by atoms with Crippen molar-refractivity contribution < 1.29 is 59.0 Å². The highest BCUT2D eigenvalue weighted by molar-refractivity contribution is 6.05. The van der Waals surface area contributed by atoms with Gasteiger partial charge in [-0.25, -0.2) is 13.6 Å². The molecule has 0 aliphatic heterocycles. The number of hydrogen-bond donors (Lipinski definition) is 4. The Kier molecular flexibility index (Phi) is 29.5. The minimum atomic E-state index is -4.80. The summed E-state index contributed by atoms with van der Waals surface area (Å²) in [7, 11) is 13.4. The van der Waals surface area contributed by atoms with Crippen molar-refractivity contribution in [2.75, 3.05) is 91.9 Å². The van der Waals surface area contributed by atoms with Crippen LogP contribution in [0.2, 0.25) is 0 Å². The van der Waals surface area contributed by atoms with Crippen LogP contribution in [0.4, 0.5) is 63.6 Å². The second-order valence-corrected chi connectivity index (χ2v) is 28.1. The third-order valence-electron chi connectivity index (χ3n) is 18.8. The summed E-state index contributed by atoms with van der Waals surface area (Å²) in [5, 5.41) is 35.2. The van der Waals surface area contributed by atoms with E-state index in [1.54, 1.807) is 126 Å². The molecule has 5 N–H and O–H groups in total. The number of rotatable bonds is 20. The number of halogens is 8. The summed E-state index contributed by atoms with van der Waals surface area (Å²) in [6, 6.07) is 30.2. The van der Waals surface area contributed by atoms with E-state index in [4.69, 9.17) is 5.73 Å². The molecule has 612 valence electrons. The minimum Gasteiger partial charge on any atom is -0.431 e. The minimum absolute atomic E-state index is 0.0133. The number of hydrogen-bond acceptors (Lipinski definition) is 17. The number of aromatic nitrogens is 4. The maximum atomic E-state index is 13.8. The molecular formula is C83H87F8N13O12. The van der Waals surface area contributed by atoms with Gasteiger partial charge in [-0.3, -0.25) is 49.0 Å². The van der Waals surface area contributed by atoms with Crippen LogP contribution in [0.15, 0.2) is 187 Å². The zero-order chi connectivity index (χ0) is 85.5. The van der Waals surface area contributed by atoms with Gasteiger partial charge in [0.05, 0.1) is 73.0 Å². The quantitative estimate of drug-likeness (QED) is 0.0238. The van der Waals surface area contributed by atoms with Gasteiger partial charge in [-0.2, -0.15) is 26.3 Å². The molecule has 12 rings (SSSR count). The summed E-state index contributed by atoms with van der Waals surface area (Å²) in [4.78, 5) is 114. The number of likely N-dealkylation sites (N-methyl/N-ethyl adjacent to an activating group) is 4. The molecule has 5 aromatic heterocycles. The molecule has 0 radical (unpaired) electrons. The van der Waals surface area contributed by atoms with Crippen LogP contribution in [0.3, 0.4) is 0 Å². The summed E-state index contributed by atoms with van der Waals surface area (Å²) in [5.74, 6) is -3.92. The second kappa shape index (κ2) is 38.5. The van der Waals surface area contributed by atoms with E-state index in [9.17, 15) is 88.9 Å². The van der Waals surface area contributed by atoms with Gasteiger partial charge >= 0.3 is 18.0 Å². The van der Waals surface area contributed by atoms with Crippen molar-refractivity contribution in [3.8, 4) is 0 Å². The normalized spacial score (nSPS) is 11.4. The molecule has 0 saturated heterocycles. The first-order valence-corrected chi connectivity index (χ1v) is 36.1. The van der Waals surface area contributed by atoms with Gasteiger partial charge in [0.2, 0.25) is 11.8 Å². The summed E-state index contributed by atoms with van der Waals surface area (Å²) >= 11 is 0. The van der Waals surface area contributed by atoms with Crippen LogP contribution in [0, 0.1) is 66.5 Å². The largest absolute Gasteiger partial charge is 0.431 e. The molecule has 0 saturated carbocycles. The van der Waals surface area contributed by atoms with E-state index in [1.807, 2.05) is 83.4 Å². The Bertz CT molecular complexity index is 6010. The number of nitro benzene ring substituents is 2. The molecule has 0 unspecified atom stereocenters. The van der Waals surface area contributed by atoms with Crippen LogP contribution in [-0.2, 0) is 61.0 Å². The molecule has 25 nitrogen and oxygen atoms in total. The second-order valence-electron chi connectivity index (χ2n) is 28.1. The average molecular weight is 1610 g/mol. The Morgan fingerprint density at radius 2 is 0.767 bits per heavy atom. The molecule has 7 aromatic carbocycles. The average Bonchev–Trinajstić information content (AvgIpc) is 0.788. The zero-order valence-corrected chi connectivity index (χ0v) is 65.6. The fourth-order valence-corrected chi connectivity index (χ4v) is 12.4. The number of aryl methyl sites for hydroxylation is 5. The molecule has 116 heavy (non-hydrogen) atoms. The number of benzene rings is 7. The fraction of sp³-hybridized carbons (Fsp3) is 0.289. The molecule has 0 spiro atoms. The highest BCUT2D eigenvalue weighted by Crippen LogP contribution is 2.35. The Labute approximate surface area is 658 Å². The maximum absolute atomic E-state index is 13.8. The number of nitrogens with two attached hydrogens (primary N) is 1. The number of nitro groups is 2. The molecule has 33 heteroatoms. The number of carbonyl (C=O) groups excluding carboxylic acids is 2. The predicted molar refractivity (Wildman–Crippen MR) is 434 cm³/mol. The third-order valence-corrected chi connectivity index (χ3v) is 18.8. The molecule has 5 heterocycles. The zero-order valence-electron chi connectivity index (χ0n) is 65.6. The Morgan fingerprint density at radius 1 is 0.440 bits per heavy atom. The standard InChI is InChI=1S/C23H23F4N3O2.C22H21F4N3O2.C14H17N3O3.C14H19N3O.C10H7NO4/c1-14-4-6-17-16(8-9-30(22(17)32)11-10-29(2)3)21(14)28-20(31)13-15-5-7-18(19(24)12-15)23(25,26)27;1-13-3-5-16-15(7-9-29(21(16)31)10-8-27-2)20(13)28-19(30)12-14-4-6-17(18(23)11-14)22(24,25)26;1-10-4-5-12-11(13(10)17(19)20)6-7-16(14(12)18)9-8-15(2)3;1-10-4-5-12-11(13(10)15)6-7-17(14(12)18)9-8-16(2)3;1-6-2-3-8-7(9(6)11(13)14)4-5-15-10(8)12/h4-9,12H,10-11,13H2,1-3H3,(H,28,31);3-7,9,11,27H,8,10,12H2,1-2H3,(H,28,30);4-7H,8-9H2,1-3H3;4-7H,8-9,15H2,1-3H3;2-5H,1H3. The summed E-state index contributed by atoms with van der Waals surface area (Å²) in [6.07, 6.45) is -2.32. The third kappa shape index (κ3) is 22.0. The van der Waals surface area contributed by atoms with Crippen molar-refractivity contribution >= 4 is 94.1 Å². The van der Waals surface area contributed by atoms with Gasteiger partial charge < -0.3 is 59.1 Å². The van der Waals surface area contributed by atoms with Gasteiger partial charge in [-0.1, -0.05) is 42.5 Å². The van der Waals surface area contributed by atoms with E-state index in [2.05, 4.69) is 25.3 Å². The van der Waals surface area contributed by atoms with Crippen molar-refractivity contribution in [2.24, 2.45) is 0 Å². The van der Waals surface area contributed by atoms with E-state index in [-0.39, 0.29) is 63.0 Å². The first kappa shape index (κ1) is 89.0. The predicted octanol–water partition coefficient (Wildman–Crippen LogP) is 13.3. The highest BCUT2D eigenvalue weighted by atomic mass is 19.4. The van der Waals surface area contributed by atoms with Gasteiger partial charge in [0, 0.05) is 126 Å². The summed E-state index contributed by atoms with van der Waals surface area (Å²) < 4.78 is 115. The fourth-order valence-electron chi connectivity index (χ4n) is 12.4. The van der Waals surface area contributed by atoms with Crippen LogP contribution >= 0.6 is 0 Å². The van der Waals surface area contributed by atoms with Gasteiger partial charge in [-0.05, 0) is 197 Å². The molecule has 0 atom stereocenters. The number of fused-ring (bicyclic) bond motifs is 5. The Morgan fingerprint density at radius 3 is 1.13 bits per heavy atom. The Hall–Kier alpha value is -12.6. The highest BCUT2D eigenvalue weighted by Gasteiger charge is 2.35. The molecule has 0 bridgehead atoms. The van der Waals surface area contributed by atoms with Crippen molar-refractivity contribution in [1.29, 1.82) is 0 Å². The topological polar surface area (TPSA) is 310 Å². The van der Waals surface area contributed by atoms with Crippen molar-refractivity contribution in [3.05, 3.63) is 292 Å². The number of pyridine rings is 4. The van der Waals surface area contributed by atoms with Crippen LogP contribution in [0.25, 0.3) is 53.9 Å². The Balaban J connectivity index is 0.000000186. The van der Waals surface area contributed by atoms with E-state index < -0.39 is 62.4 Å². The number of nitrogen functional groups attached to an aromatic ring is 1. The first-order chi connectivity index (χ1) is 54.6. The van der Waals surface area contributed by atoms with E-state index >= 15 is 0 Å². The van der Waals surface area contributed by atoms with Crippen LogP contribution in [-0.4, -0.2) is 130 Å². The number of carbonyl (C=O) groups is 2.